The average Bonchev–Trinajstić information content (AvgIpc) is 3.36. The molecular formula is C22H26N4O5S. The van der Waals surface area contributed by atoms with Gasteiger partial charge in [0.2, 0.25) is 15.9 Å². The number of hydrogen-bond acceptors (Lipinski definition) is 7. The van der Waals surface area contributed by atoms with Crippen molar-refractivity contribution >= 4 is 21.7 Å². The first-order valence-electron chi connectivity index (χ1n) is 10.4. The number of carbonyl (C=O) groups excluding carboxylic acids is 2. The molecule has 0 radical (unpaired) electrons. The van der Waals surface area contributed by atoms with E-state index in [2.05, 4.69) is 4.98 Å². The molecule has 2 N–H and O–H groups in total. The zero-order chi connectivity index (χ0) is 22.9. The van der Waals surface area contributed by atoms with Crippen LogP contribution in [0.3, 0.4) is 0 Å². The highest BCUT2D eigenvalue weighted by Gasteiger charge is 2.53. The van der Waals surface area contributed by atoms with E-state index in [9.17, 15) is 18.0 Å². The summed E-state index contributed by atoms with van der Waals surface area (Å²) < 4.78 is 32.3. The van der Waals surface area contributed by atoms with Crippen LogP contribution in [0, 0.1) is 0 Å². The van der Waals surface area contributed by atoms with Crippen molar-refractivity contribution < 1.29 is 22.7 Å². The second-order valence-corrected chi connectivity index (χ2v) is 10.0. The van der Waals surface area contributed by atoms with Gasteiger partial charge in [0.25, 0.3) is 0 Å². The predicted molar refractivity (Wildman–Crippen MR) is 117 cm³/mol. The Kier molecular flexibility index (Phi) is 6.27. The Morgan fingerprint density at radius 3 is 2.66 bits per heavy atom. The summed E-state index contributed by atoms with van der Waals surface area (Å²) in [6.45, 7) is 0.0633. The van der Waals surface area contributed by atoms with Gasteiger partial charge in [-0.05, 0) is 42.7 Å². The van der Waals surface area contributed by atoms with Crippen LogP contribution in [0.15, 0.2) is 48.7 Å². The third kappa shape index (κ3) is 4.38. The van der Waals surface area contributed by atoms with Gasteiger partial charge in [-0.25, -0.2) is 8.42 Å². The largest absolute Gasteiger partial charge is 0.497 e. The summed E-state index contributed by atoms with van der Waals surface area (Å²) >= 11 is 0. The Morgan fingerprint density at radius 2 is 2.00 bits per heavy atom. The number of carbonyl (C=O) groups is 2. The number of ketones is 1. The summed E-state index contributed by atoms with van der Waals surface area (Å²) in [4.78, 5) is 31.3. The van der Waals surface area contributed by atoms with Gasteiger partial charge in [-0.2, -0.15) is 4.31 Å². The van der Waals surface area contributed by atoms with Gasteiger partial charge in [0.15, 0.2) is 5.78 Å². The van der Waals surface area contributed by atoms with E-state index in [0.29, 0.717) is 30.8 Å². The molecule has 3 unspecified atom stereocenters. The highest BCUT2D eigenvalue weighted by molar-refractivity contribution is 7.88. The fraction of sp³-hybridized carbons (Fsp3) is 0.409. The molecule has 1 amide bonds. The van der Waals surface area contributed by atoms with E-state index in [4.69, 9.17) is 10.5 Å². The summed E-state index contributed by atoms with van der Waals surface area (Å²) in [5.74, 6) is -0.192. The second kappa shape index (κ2) is 8.97. The van der Waals surface area contributed by atoms with E-state index in [1.807, 2.05) is 12.1 Å². The molecule has 3 heterocycles. The summed E-state index contributed by atoms with van der Waals surface area (Å²) in [6.07, 6.45) is 2.24. The minimum atomic E-state index is -3.76. The van der Waals surface area contributed by atoms with Gasteiger partial charge < -0.3 is 15.4 Å². The Labute approximate surface area is 187 Å². The van der Waals surface area contributed by atoms with Crippen molar-refractivity contribution in [3.05, 3.63) is 59.9 Å². The van der Waals surface area contributed by atoms with Crippen molar-refractivity contribution in [2.45, 2.75) is 36.7 Å². The quantitative estimate of drug-likeness (QED) is 0.635. The predicted octanol–water partition coefficient (Wildman–Crippen LogP) is 0.344. The zero-order valence-electron chi connectivity index (χ0n) is 17.8. The summed E-state index contributed by atoms with van der Waals surface area (Å²) in [7, 11) is -2.18. The minimum Gasteiger partial charge on any atom is -0.497 e. The van der Waals surface area contributed by atoms with Gasteiger partial charge in [-0.3, -0.25) is 14.6 Å². The molecule has 1 aromatic carbocycles. The molecule has 2 aliphatic rings. The number of methoxy groups -OCH3 is 1. The lowest BCUT2D eigenvalue weighted by Crippen LogP contribution is -2.50. The molecule has 0 aliphatic carbocycles. The lowest BCUT2D eigenvalue weighted by atomic mass is 10.0. The summed E-state index contributed by atoms with van der Waals surface area (Å²) in [5, 5.41) is 0. The van der Waals surface area contributed by atoms with Crippen molar-refractivity contribution in [1.82, 2.24) is 14.2 Å². The standard InChI is InChI=1S/C22H26N4O5S/c1-31-17-7-5-15(6-8-17)12-18(23)22(28)25-11-9-19-21(25)20(27)13-26(19)32(29,30)14-16-4-2-3-10-24-16/h2-8,10,18-19,21H,9,11-14,23H2,1H3. The fourth-order valence-electron chi connectivity index (χ4n) is 4.45. The third-order valence-electron chi connectivity index (χ3n) is 6.01. The first kappa shape index (κ1) is 22.4. The molecule has 170 valence electrons. The number of ether oxygens (including phenoxy) is 1. The normalized spacial score (nSPS) is 22.1. The van der Waals surface area contributed by atoms with Crippen molar-refractivity contribution in [2.24, 2.45) is 5.73 Å². The molecule has 10 heteroatoms. The first-order valence-corrected chi connectivity index (χ1v) is 12.0. The number of amides is 1. The van der Waals surface area contributed by atoms with E-state index < -0.39 is 28.1 Å². The number of pyridine rings is 1. The molecule has 3 atom stereocenters. The van der Waals surface area contributed by atoms with E-state index in [0.717, 1.165) is 5.56 Å². The van der Waals surface area contributed by atoms with Crippen LogP contribution in [0.1, 0.15) is 17.7 Å². The molecule has 0 saturated carbocycles. The number of aromatic nitrogens is 1. The number of fused-ring (bicyclic) bond motifs is 1. The van der Waals surface area contributed by atoms with Gasteiger partial charge in [0.1, 0.15) is 17.5 Å². The van der Waals surface area contributed by atoms with Gasteiger partial charge in [0, 0.05) is 12.7 Å². The summed E-state index contributed by atoms with van der Waals surface area (Å²) in [6, 6.07) is 10.2. The zero-order valence-corrected chi connectivity index (χ0v) is 18.6. The monoisotopic (exact) mass is 458 g/mol. The number of sulfonamides is 1. The Morgan fingerprint density at radius 1 is 1.25 bits per heavy atom. The van der Waals surface area contributed by atoms with Gasteiger partial charge in [0.05, 0.1) is 31.4 Å². The number of nitrogens with two attached hydrogens (primary N) is 1. The van der Waals surface area contributed by atoms with Crippen molar-refractivity contribution in [2.75, 3.05) is 20.2 Å². The first-order chi connectivity index (χ1) is 15.3. The topological polar surface area (TPSA) is 123 Å². The molecule has 0 bridgehead atoms. The molecule has 1 aromatic heterocycles. The van der Waals surface area contributed by atoms with Crippen LogP contribution in [0.5, 0.6) is 5.75 Å². The fourth-order valence-corrected chi connectivity index (χ4v) is 6.12. The summed E-state index contributed by atoms with van der Waals surface area (Å²) in [5.41, 5.74) is 7.46. The molecule has 2 aromatic rings. The van der Waals surface area contributed by atoms with Crippen molar-refractivity contribution in [3.63, 3.8) is 0 Å². The average molecular weight is 459 g/mol. The van der Waals surface area contributed by atoms with Gasteiger partial charge >= 0.3 is 0 Å². The van der Waals surface area contributed by atoms with Crippen LogP contribution < -0.4 is 10.5 Å². The van der Waals surface area contributed by atoms with Gasteiger partial charge in [-0.15, -0.1) is 0 Å². The molecule has 32 heavy (non-hydrogen) atoms. The van der Waals surface area contributed by atoms with E-state index in [-0.39, 0.29) is 24.0 Å². The number of Topliss-reactive ketones (excluding diaryl/α,β-unsaturated/α-hetero) is 1. The molecule has 2 aliphatic heterocycles. The van der Waals surface area contributed by atoms with Crippen LogP contribution in [-0.2, 0) is 31.8 Å². The van der Waals surface area contributed by atoms with E-state index in [1.54, 1.807) is 37.4 Å². The third-order valence-corrected chi connectivity index (χ3v) is 7.78. The van der Waals surface area contributed by atoms with Crippen LogP contribution in [0.4, 0.5) is 0 Å². The number of nitrogens with zero attached hydrogens (tertiary/aromatic N) is 3. The number of rotatable bonds is 7. The van der Waals surface area contributed by atoms with Crippen LogP contribution in [0.2, 0.25) is 0 Å². The molecule has 0 spiro atoms. The highest BCUT2D eigenvalue weighted by Crippen LogP contribution is 2.33. The lowest BCUT2D eigenvalue weighted by Gasteiger charge is -2.26. The molecule has 4 rings (SSSR count). The van der Waals surface area contributed by atoms with Crippen LogP contribution in [-0.4, -0.2) is 72.6 Å². The van der Waals surface area contributed by atoms with E-state index in [1.165, 1.54) is 15.4 Å². The van der Waals surface area contributed by atoms with Gasteiger partial charge in [-0.1, -0.05) is 18.2 Å². The smallest absolute Gasteiger partial charge is 0.240 e. The Hall–Kier alpha value is -2.82. The number of benzene rings is 1. The van der Waals surface area contributed by atoms with Crippen LogP contribution in [0.25, 0.3) is 0 Å². The number of hydrogen-bond donors (Lipinski definition) is 1. The lowest BCUT2D eigenvalue weighted by molar-refractivity contribution is -0.137. The maximum absolute atomic E-state index is 13.1. The van der Waals surface area contributed by atoms with Crippen molar-refractivity contribution in [1.29, 1.82) is 0 Å². The van der Waals surface area contributed by atoms with Crippen molar-refractivity contribution in [3.8, 4) is 5.75 Å². The maximum atomic E-state index is 13.1. The Balaban J connectivity index is 1.45. The highest BCUT2D eigenvalue weighted by atomic mass is 32.2. The maximum Gasteiger partial charge on any atom is 0.240 e. The Bertz CT molecular complexity index is 1090. The van der Waals surface area contributed by atoms with Crippen LogP contribution >= 0.6 is 0 Å². The molecular weight excluding hydrogens is 432 g/mol. The van der Waals surface area contributed by atoms with E-state index >= 15 is 0 Å². The molecule has 2 fully saturated rings. The molecule has 2 saturated heterocycles. The number of likely N-dealkylation sites (tertiary alicyclic amines) is 1. The second-order valence-electron chi connectivity index (χ2n) is 8.08. The SMILES string of the molecule is COc1ccc(CC(N)C(=O)N2CCC3C2C(=O)CN3S(=O)(=O)Cc2ccccn2)cc1. The minimum absolute atomic E-state index is 0.234. The molecule has 9 nitrogen and oxygen atoms in total.